The maximum Gasteiger partial charge on any atom is 0.267 e. The molecule has 0 spiro atoms. The number of carbonyl (C=O) groups excluding carboxylic acids is 2. The number of aliphatic hydroxyl groups excluding tert-OH is 4. The zero-order valence-electron chi connectivity index (χ0n) is 19.1. The van der Waals surface area contributed by atoms with Gasteiger partial charge >= 0.3 is 0 Å². The highest BCUT2D eigenvalue weighted by Gasteiger charge is 2.44. The number of nitrogens with one attached hydrogen (secondary N) is 1. The Balaban J connectivity index is 1.89. The molecule has 5 N–H and O–H groups in total. The number of carbonyl (C=O) groups is 2. The van der Waals surface area contributed by atoms with Crippen LogP contribution < -0.4 is 10.4 Å². The first-order valence-electron chi connectivity index (χ1n) is 10.5. The lowest BCUT2D eigenvalue weighted by molar-refractivity contribution is -0.312. The van der Waals surface area contributed by atoms with Crippen LogP contribution in [-0.2, 0) is 14.4 Å². The molecule has 2 rings (SSSR count). The molecule has 1 unspecified atom stereocenters. The van der Waals surface area contributed by atoms with Gasteiger partial charge in [0.15, 0.2) is 5.78 Å². The maximum absolute atomic E-state index is 12.6. The van der Waals surface area contributed by atoms with Crippen molar-refractivity contribution in [3.8, 4) is 0 Å². The summed E-state index contributed by atoms with van der Waals surface area (Å²) in [6, 6.07) is 7.29. The van der Waals surface area contributed by atoms with Gasteiger partial charge in [-0.1, -0.05) is 24.6 Å². The monoisotopic (exact) mass is 464 g/mol. The predicted octanol–water partition coefficient (Wildman–Crippen LogP) is -0.0784. The highest BCUT2D eigenvalue weighted by Crippen LogP contribution is 2.21. The van der Waals surface area contributed by atoms with Crippen molar-refractivity contribution in [2.24, 2.45) is 5.92 Å². The number of anilines is 1. The number of amides is 1. The highest BCUT2D eigenvalue weighted by atomic mass is 16.8. The molecule has 10 heteroatoms. The number of Topliss-reactive ketones (excluding diaryl/α,β-unsaturated/α-hetero) is 1. The third kappa shape index (κ3) is 7.19. The largest absolute Gasteiger partial charge is 0.394 e. The molecule has 1 fully saturated rings. The molecule has 1 heterocycles. The quantitative estimate of drug-likeness (QED) is 0.146. The number of rotatable bonds is 9. The van der Waals surface area contributed by atoms with E-state index in [1.54, 1.807) is 32.1 Å². The average molecular weight is 465 g/mol. The molecule has 1 aliphatic heterocycles. The minimum atomic E-state index is -1.63. The first-order chi connectivity index (χ1) is 15.5. The molecular formula is C23H32N2O8. The second-order valence-corrected chi connectivity index (χ2v) is 8.12. The Kier molecular flexibility index (Phi) is 9.71. The number of benzene rings is 1. The van der Waals surface area contributed by atoms with Crippen molar-refractivity contribution in [3.05, 3.63) is 53.6 Å². The number of hydroxylamine groups is 1. The number of aliphatic hydroxyl groups is 4. The molecule has 1 aromatic rings. The first-order valence-corrected chi connectivity index (χ1v) is 10.5. The molecule has 1 amide bonds. The minimum Gasteiger partial charge on any atom is -0.394 e. The van der Waals surface area contributed by atoms with Gasteiger partial charge in [0.1, 0.15) is 24.4 Å². The second kappa shape index (κ2) is 12.0. The van der Waals surface area contributed by atoms with Gasteiger partial charge < -0.3 is 30.1 Å². The maximum atomic E-state index is 12.6. The second-order valence-electron chi connectivity index (χ2n) is 8.12. The summed E-state index contributed by atoms with van der Waals surface area (Å²) in [5.41, 5.74) is 4.30. The van der Waals surface area contributed by atoms with Crippen LogP contribution in [0.4, 0.5) is 5.69 Å². The van der Waals surface area contributed by atoms with Crippen molar-refractivity contribution in [2.75, 3.05) is 25.6 Å². The van der Waals surface area contributed by atoms with Crippen LogP contribution in [0.25, 0.3) is 0 Å². The van der Waals surface area contributed by atoms with E-state index in [-0.39, 0.29) is 5.78 Å². The molecule has 33 heavy (non-hydrogen) atoms. The fourth-order valence-electron chi connectivity index (χ4n) is 3.23. The van der Waals surface area contributed by atoms with Crippen molar-refractivity contribution >= 4 is 17.4 Å². The van der Waals surface area contributed by atoms with Gasteiger partial charge in [-0.25, -0.2) is 10.3 Å². The zero-order valence-corrected chi connectivity index (χ0v) is 19.1. The summed E-state index contributed by atoms with van der Waals surface area (Å²) in [7, 11) is 3.84. The van der Waals surface area contributed by atoms with Gasteiger partial charge in [-0.3, -0.25) is 9.59 Å². The standard InChI is InChI=1S/C23H32N2O8/c1-13(11-14(2)19(28)15-6-8-16(9-7-15)25(3)4)5-10-18(27)24-33-23-22(31)21(30)20(29)17(12-26)32-23/h5-11,14,17,20-23,26,29-31H,12H2,1-4H3,(H,24,27)/b10-5+,13-11+/t14?,17-,20-,21+,22-,23+/m1/s1. The van der Waals surface area contributed by atoms with Crippen LogP contribution >= 0.6 is 0 Å². The van der Waals surface area contributed by atoms with Gasteiger partial charge in [-0.05, 0) is 31.2 Å². The molecule has 1 saturated heterocycles. The van der Waals surface area contributed by atoms with E-state index in [1.807, 2.05) is 31.1 Å². The molecule has 0 aromatic heterocycles. The van der Waals surface area contributed by atoms with Crippen LogP contribution in [0.15, 0.2) is 48.1 Å². The number of hydrogen-bond acceptors (Lipinski definition) is 9. The Bertz CT molecular complexity index is 866. The number of ketones is 1. The molecule has 1 aromatic carbocycles. The van der Waals surface area contributed by atoms with Gasteiger partial charge in [0, 0.05) is 37.3 Å². The van der Waals surface area contributed by atoms with E-state index in [0.29, 0.717) is 11.1 Å². The Morgan fingerprint density at radius 2 is 1.76 bits per heavy atom. The normalized spacial score (nSPS) is 26.8. The Morgan fingerprint density at radius 3 is 2.33 bits per heavy atom. The molecular weight excluding hydrogens is 432 g/mol. The summed E-state index contributed by atoms with van der Waals surface area (Å²) in [5, 5.41) is 38.5. The van der Waals surface area contributed by atoms with Gasteiger partial charge in [0.05, 0.1) is 6.61 Å². The van der Waals surface area contributed by atoms with Crippen molar-refractivity contribution in [2.45, 2.75) is 44.6 Å². The SMILES string of the molecule is CC(/C=C/C(=O)NO[C@@H]1O[C@H](CO)[C@@H](O)[C@H](O)[C@H]1O)=C\C(C)C(=O)c1ccc(N(C)C)cc1. The van der Waals surface area contributed by atoms with Crippen molar-refractivity contribution in [3.63, 3.8) is 0 Å². The molecule has 182 valence electrons. The van der Waals surface area contributed by atoms with Crippen LogP contribution in [0, 0.1) is 5.92 Å². The third-order valence-corrected chi connectivity index (χ3v) is 5.22. The van der Waals surface area contributed by atoms with Crippen LogP contribution in [0.2, 0.25) is 0 Å². The summed E-state index contributed by atoms with van der Waals surface area (Å²) >= 11 is 0. The molecule has 6 atom stereocenters. The van der Waals surface area contributed by atoms with Crippen LogP contribution in [0.3, 0.4) is 0 Å². The average Bonchev–Trinajstić information content (AvgIpc) is 2.80. The molecule has 0 radical (unpaired) electrons. The van der Waals surface area contributed by atoms with E-state index in [2.05, 4.69) is 5.48 Å². The smallest absolute Gasteiger partial charge is 0.267 e. The Labute approximate surface area is 192 Å². The fraction of sp³-hybridized carbons (Fsp3) is 0.478. The van der Waals surface area contributed by atoms with E-state index < -0.39 is 49.1 Å². The lowest BCUT2D eigenvalue weighted by Gasteiger charge is -2.38. The Hall–Kier alpha value is -2.60. The van der Waals surface area contributed by atoms with Gasteiger partial charge in [-0.2, -0.15) is 0 Å². The lowest BCUT2D eigenvalue weighted by atomic mass is 9.97. The van der Waals surface area contributed by atoms with Crippen molar-refractivity contribution in [1.82, 2.24) is 5.48 Å². The third-order valence-electron chi connectivity index (χ3n) is 5.22. The molecule has 1 aliphatic rings. The van der Waals surface area contributed by atoms with Crippen LogP contribution in [0.1, 0.15) is 24.2 Å². The summed E-state index contributed by atoms with van der Waals surface area (Å²) in [5.74, 6) is -1.14. The van der Waals surface area contributed by atoms with E-state index in [1.165, 1.54) is 12.2 Å². The topological polar surface area (TPSA) is 149 Å². The van der Waals surface area contributed by atoms with E-state index in [4.69, 9.17) is 14.7 Å². The summed E-state index contributed by atoms with van der Waals surface area (Å²) in [6.45, 7) is 2.89. The van der Waals surface area contributed by atoms with Gasteiger partial charge in [0.25, 0.3) is 5.91 Å². The van der Waals surface area contributed by atoms with Gasteiger partial charge in [-0.15, -0.1) is 0 Å². The summed E-state index contributed by atoms with van der Waals surface area (Å²) < 4.78 is 5.13. The van der Waals surface area contributed by atoms with E-state index >= 15 is 0 Å². The van der Waals surface area contributed by atoms with E-state index in [0.717, 1.165) is 5.69 Å². The molecule has 0 aliphatic carbocycles. The minimum absolute atomic E-state index is 0.0524. The zero-order chi connectivity index (χ0) is 24.7. The first kappa shape index (κ1) is 26.7. The van der Waals surface area contributed by atoms with E-state index in [9.17, 15) is 24.9 Å². The molecule has 10 nitrogen and oxygen atoms in total. The Morgan fingerprint density at radius 1 is 1.12 bits per heavy atom. The number of ether oxygens (including phenoxy) is 1. The van der Waals surface area contributed by atoms with Crippen LogP contribution in [-0.4, -0.2) is 83.5 Å². The van der Waals surface area contributed by atoms with Crippen LogP contribution in [0.5, 0.6) is 0 Å². The number of hydrogen-bond donors (Lipinski definition) is 5. The molecule has 0 saturated carbocycles. The lowest BCUT2D eigenvalue weighted by Crippen LogP contribution is -2.60. The summed E-state index contributed by atoms with van der Waals surface area (Å²) in [6.07, 6.45) is -3.02. The number of nitrogens with zero attached hydrogens (tertiary/aromatic N) is 1. The highest BCUT2D eigenvalue weighted by molar-refractivity contribution is 5.99. The van der Waals surface area contributed by atoms with Crippen molar-refractivity contribution < 1.29 is 39.6 Å². The predicted molar refractivity (Wildman–Crippen MR) is 120 cm³/mol. The van der Waals surface area contributed by atoms with Gasteiger partial charge in [0.2, 0.25) is 6.29 Å². The fourth-order valence-corrected chi connectivity index (χ4v) is 3.23. The number of allylic oxidation sites excluding steroid dienone is 3. The summed E-state index contributed by atoms with van der Waals surface area (Å²) in [4.78, 5) is 31.5. The van der Waals surface area contributed by atoms with Crippen molar-refractivity contribution in [1.29, 1.82) is 0 Å². The molecule has 0 bridgehead atoms.